The van der Waals surface area contributed by atoms with Crippen LogP contribution in [0.4, 0.5) is 4.39 Å². The highest BCUT2D eigenvalue weighted by atomic mass is 19.1. The van der Waals surface area contributed by atoms with Gasteiger partial charge in [-0.15, -0.1) is 0 Å². The zero-order valence-corrected chi connectivity index (χ0v) is 16.1. The van der Waals surface area contributed by atoms with Crippen molar-refractivity contribution in [1.82, 2.24) is 9.80 Å². The molecule has 3 aliphatic heterocycles. The Morgan fingerprint density at radius 3 is 2.21 bits per heavy atom. The Labute approximate surface area is 164 Å². The summed E-state index contributed by atoms with van der Waals surface area (Å²) in [7, 11) is 0. The molecule has 1 aromatic rings. The first-order valence-corrected chi connectivity index (χ1v) is 10.1. The average Bonchev–Trinajstić information content (AvgIpc) is 3.29. The van der Waals surface area contributed by atoms with E-state index in [1.807, 2.05) is 9.80 Å². The molecule has 3 aliphatic rings. The number of benzene rings is 1. The molecule has 6 nitrogen and oxygen atoms in total. The Bertz CT molecular complexity index is 704. The molecule has 3 fully saturated rings. The van der Waals surface area contributed by atoms with Crippen LogP contribution in [0.15, 0.2) is 24.3 Å². The lowest BCUT2D eigenvalue weighted by molar-refractivity contribution is -0.149. The van der Waals surface area contributed by atoms with Crippen molar-refractivity contribution < 1.29 is 23.5 Å². The maximum absolute atomic E-state index is 13.5. The molecule has 152 valence electrons. The van der Waals surface area contributed by atoms with Gasteiger partial charge in [0.25, 0.3) is 5.91 Å². The molecule has 1 atom stereocenters. The van der Waals surface area contributed by atoms with Gasteiger partial charge in [-0.3, -0.25) is 9.59 Å². The molecule has 0 aliphatic carbocycles. The third kappa shape index (κ3) is 3.65. The molecular weight excluding hydrogens is 363 g/mol. The maximum atomic E-state index is 13.5. The van der Waals surface area contributed by atoms with Crippen molar-refractivity contribution in [2.75, 3.05) is 46.0 Å². The molecule has 0 saturated carbocycles. The second-order valence-electron chi connectivity index (χ2n) is 7.82. The molecule has 3 saturated heterocycles. The smallest absolute Gasteiger partial charge is 0.251 e. The molecule has 0 radical (unpaired) electrons. The van der Waals surface area contributed by atoms with Crippen molar-refractivity contribution in [2.45, 2.75) is 37.2 Å². The van der Waals surface area contributed by atoms with Crippen LogP contribution in [0.1, 0.15) is 31.2 Å². The van der Waals surface area contributed by atoms with E-state index in [1.54, 1.807) is 12.1 Å². The fraction of sp³-hybridized carbons (Fsp3) is 0.619. The van der Waals surface area contributed by atoms with Crippen LogP contribution < -0.4 is 0 Å². The molecule has 0 aromatic heterocycles. The minimum Gasteiger partial charge on any atom is -0.381 e. The van der Waals surface area contributed by atoms with E-state index in [0.717, 1.165) is 18.4 Å². The largest absolute Gasteiger partial charge is 0.381 e. The van der Waals surface area contributed by atoms with Gasteiger partial charge in [-0.25, -0.2) is 4.39 Å². The lowest BCUT2D eigenvalue weighted by atomic mass is 9.73. The highest BCUT2D eigenvalue weighted by molar-refractivity contribution is 5.89. The van der Waals surface area contributed by atoms with Crippen molar-refractivity contribution in [3.05, 3.63) is 35.6 Å². The first-order chi connectivity index (χ1) is 13.6. The topological polar surface area (TPSA) is 59.1 Å². The highest BCUT2D eigenvalue weighted by Crippen LogP contribution is 2.37. The maximum Gasteiger partial charge on any atom is 0.251 e. The Morgan fingerprint density at radius 2 is 1.61 bits per heavy atom. The third-order valence-corrected chi connectivity index (χ3v) is 6.24. The number of ether oxygens (including phenoxy) is 2. The summed E-state index contributed by atoms with van der Waals surface area (Å²) in [6.07, 6.45) is 2.57. The van der Waals surface area contributed by atoms with Gasteiger partial charge in [0, 0.05) is 46.0 Å². The molecule has 2 amide bonds. The van der Waals surface area contributed by atoms with Crippen LogP contribution >= 0.6 is 0 Å². The minimum absolute atomic E-state index is 0.0453. The van der Waals surface area contributed by atoms with E-state index in [-0.39, 0.29) is 23.7 Å². The number of hydrogen-bond donors (Lipinski definition) is 0. The fourth-order valence-corrected chi connectivity index (χ4v) is 4.52. The van der Waals surface area contributed by atoms with Crippen LogP contribution in [0.2, 0.25) is 0 Å². The number of piperazine rings is 1. The van der Waals surface area contributed by atoms with Crippen molar-refractivity contribution in [2.24, 2.45) is 0 Å². The van der Waals surface area contributed by atoms with Crippen molar-refractivity contribution in [3.63, 3.8) is 0 Å². The van der Waals surface area contributed by atoms with Gasteiger partial charge in [-0.1, -0.05) is 12.1 Å². The highest BCUT2D eigenvalue weighted by Gasteiger charge is 2.45. The summed E-state index contributed by atoms with van der Waals surface area (Å²) in [6, 6.07) is 6.27. The van der Waals surface area contributed by atoms with Crippen LogP contribution in [0.25, 0.3) is 0 Å². The number of carbonyl (C=O) groups excluding carboxylic acids is 2. The summed E-state index contributed by atoms with van der Waals surface area (Å²) in [6.45, 7) is 3.77. The lowest BCUT2D eigenvalue weighted by Gasteiger charge is -2.43. The first kappa shape index (κ1) is 19.3. The summed E-state index contributed by atoms with van der Waals surface area (Å²) >= 11 is 0. The molecule has 1 unspecified atom stereocenters. The standard InChI is InChI=1S/C21H27FN2O4/c22-17-5-3-16(4-6-17)21(7-14-27-15-8-21)20(26)24-11-9-23(10-12-24)19(25)18-2-1-13-28-18/h3-6,18H,1-2,7-15H2. The number of halogens is 1. The van der Waals surface area contributed by atoms with E-state index >= 15 is 0 Å². The van der Waals surface area contributed by atoms with Gasteiger partial charge in [0.1, 0.15) is 11.9 Å². The van der Waals surface area contributed by atoms with E-state index in [1.165, 1.54) is 12.1 Å². The van der Waals surface area contributed by atoms with E-state index in [4.69, 9.17) is 9.47 Å². The van der Waals surface area contributed by atoms with E-state index in [2.05, 4.69) is 0 Å². The molecule has 0 N–H and O–H groups in total. The van der Waals surface area contributed by atoms with Gasteiger partial charge in [0.2, 0.25) is 5.91 Å². The molecule has 0 bridgehead atoms. The number of rotatable bonds is 3. The SMILES string of the molecule is O=C(C1CCCO1)N1CCN(C(=O)C2(c3ccc(F)cc3)CCOCC2)CC1. The Hall–Kier alpha value is -1.99. The van der Waals surface area contributed by atoms with Crippen molar-refractivity contribution in [1.29, 1.82) is 0 Å². The minimum atomic E-state index is -0.674. The number of hydrogen-bond acceptors (Lipinski definition) is 4. The molecule has 7 heteroatoms. The predicted molar refractivity (Wildman–Crippen MR) is 100 cm³/mol. The summed E-state index contributed by atoms with van der Waals surface area (Å²) in [4.78, 5) is 29.8. The number of nitrogens with zero attached hydrogens (tertiary/aromatic N) is 2. The summed E-state index contributed by atoms with van der Waals surface area (Å²) in [5.41, 5.74) is 0.173. The van der Waals surface area contributed by atoms with Crippen LogP contribution in [-0.2, 0) is 24.5 Å². The lowest BCUT2D eigenvalue weighted by Crippen LogP contribution is -2.57. The van der Waals surface area contributed by atoms with Crippen LogP contribution in [0.5, 0.6) is 0 Å². The second kappa shape index (κ2) is 8.17. The summed E-state index contributed by atoms with van der Waals surface area (Å²) in [5, 5.41) is 0. The first-order valence-electron chi connectivity index (χ1n) is 10.1. The van der Waals surface area contributed by atoms with Crippen molar-refractivity contribution in [3.8, 4) is 0 Å². The number of carbonyl (C=O) groups is 2. The van der Waals surface area contributed by atoms with E-state index < -0.39 is 5.41 Å². The molecule has 28 heavy (non-hydrogen) atoms. The van der Waals surface area contributed by atoms with Gasteiger partial charge >= 0.3 is 0 Å². The Kier molecular flexibility index (Phi) is 5.64. The van der Waals surface area contributed by atoms with Gasteiger partial charge < -0.3 is 19.3 Å². The monoisotopic (exact) mass is 390 g/mol. The van der Waals surface area contributed by atoms with Crippen LogP contribution in [0.3, 0.4) is 0 Å². The van der Waals surface area contributed by atoms with Gasteiger partial charge in [-0.2, -0.15) is 0 Å². The Balaban J connectivity index is 1.46. The Morgan fingerprint density at radius 1 is 0.964 bits per heavy atom. The molecule has 0 spiro atoms. The molecule has 4 rings (SSSR count). The molecule has 3 heterocycles. The third-order valence-electron chi connectivity index (χ3n) is 6.24. The summed E-state index contributed by atoms with van der Waals surface area (Å²) < 4.78 is 24.4. The van der Waals surface area contributed by atoms with Gasteiger partial charge in [0.05, 0.1) is 5.41 Å². The van der Waals surface area contributed by atoms with Gasteiger partial charge in [-0.05, 0) is 43.4 Å². The zero-order chi connectivity index (χ0) is 19.6. The normalized spacial score (nSPS) is 25.0. The molecular formula is C21H27FN2O4. The van der Waals surface area contributed by atoms with Crippen LogP contribution in [-0.4, -0.2) is 73.7 Å². The van der Waals surface area contributed by atoms with Crippen molar-refractivity contribution >= 4 is 11.8 Å². The summed E-state index contributed by atoms with van der Waals surface area (Å²) in [5.74, 6) is -0.199. The second-order valence-corrected chi connectivity index (χ2v) is 7.82. The van der Waals surface area contributed by atoms with Crippen LogP contribution in [0, 0.1) is 5.82 Å². The average molecular weight is 390 g/mol. The van der Waals surface area contributed by atoms with Gasteiger partial charge in [0.15, 0.2) is 0 Å². The van der Waals surface area contributed by atoms with E-state index in [9.17, 15) is 14.0 Å². The fourth-order valence-electron chi connectivity index (χ4n) is 4.52. The zero-order valence-electron chi connectivity index (χ0n) is 16.1. The van der Waals surface area contributed by atoms with E-state index in [0.29, 0.717) is 58.8 Å². The number of amides is 2. The predicted octanol–water partition coefficient (Wildman–Crippen LogP) is 1.72. The molecule has 1 aromatic carbocycles. The quantitative estimate of drug-likeness (QED) is 0.789.